The third kappa shape index (κ3) is 1.05. The van der Waals surface area contributed by atoms with E-state index in [1.807, 2.05) is 0 Å². The van der Waals surface area contributed by atoms with E-state index in [0.29, 0.717) is 0 Å². The van der Waals surface area contributed by atoms with E-state index >= 15 is 0 Å². The third-order valence-corrected chi connectivity index (χ3v) is 1.23. The molecule has 1 saturated heterocycles. The smallest absolute Gasteiger partial charge is 0.262 e. The molecule has 1 rings (SSSR count). The Bertz CT molecular complexity index is 187. The van der Waals surface area contributed by atoms with Crippen molar-refractivity contribution in [2.75, 3.05) is 6.54 Å². The molecule has 1 aliphatic rings. The fraction of sp³-hybridized carbons (Fsp3) is 0.750. The van der Waals surface area contributed by atoms with Gasteiger partial charge in [0.25, 0.3) is 0 Å². The molecule has 1 N–H and O–H groups in total. The summed E-state index contributed by atoms with van der Waals surface area (Å²) in [7, 11) is 0. The van der Waals surface area contributed by atoms with Crippen molar-refractivity contribution in [1.82, 2.24) is 5.48 Å². The Balaban J connectivity index is 2.61. The summed E-state index contributed by atoms with van der Waals surface area (Å²) in [6, 6.07) is 1.77. The lowest BCUT2D eigenvalue weighted by atomic mass is 10.1. The number of hydrogen-bond donors (Lipinski definition) is 1. The first-order chi connectivity index (χ1) is 4.75. The lowest BCUT2D eigenvalue weighted by molar-refractivity contribution is -0.578. The minimum Gasteiger partial charge on any atom is -0.262 e. The molecule has 0 aliphatic carbocycles. The van der Waals surface area contributed by atoms with Crippen molar-refractivity contribution in [3.05, 3.63) is 10.1 Å². The Morgan fingerprint density at radius 1 is 1.90 bits per heavy atom. The summed E-state index contributed by atoms with van der Waals surface area (Å²) in [6.07, 6.45) is -1.20. The molecule has 1 fully saturated rings. The lowest BCUT2D eigenvalue weighted by Crippen LogP contribution is -2.25. The van der Waals surface area contributed by atoms with Gasteiger partial charge >= 0.3 is 6.23 Å². The van der Waals surface area contributed by atoms with Crippen LogP contribution >= 0.6 is 0 Å². The van der Waals surface area contributed by atoms with Crippen LogP contribution in [0.2, 0.25) is 0 Å². The van der Waals surface area contributed by atoms with Crippen LogP contribution in [0.5, 0.6) is 0 Å². The van der Waals surface area contributed by atoms with Crippen molar-refractivity contribution in [3.8, 4) is 6.07 Å². The van der Waals surface area contributed by atoms with E-state index in [4.69, 9.17) is 5.26 Å². The van der Waals surface area contributed by atoms with Gasteiger partial charge < -0.3 is 0 Å². The first-order valence-corrected chi connectivity index (χ1v) is 2.67. The van der Waals surface area contributed by atoms with Gasteiger partial charge in [0.05, 0.1) is 11.0 Å². The summed E-state index contributed by atoms with van der Waals surface area (Å²) < 4.78 is 0. The van der Waals surface area contributed by atoms with Gasteiger partial charge in [-0.3, -0.25) is 10.1 Å². The van der Waals surface area contributed by atoms with E-state index in [2.05, 4.69) is 10.3 Å². The minimum atomic E-state index is -1.20. The quantitative estimate of drug-likeness (QED) is 0.386. The monoisotopic (exact) mass is 143 g/mol. The number of nitro groups is 1. The van der Waals surface area contributed by atoms with Crippen molar-refractivity contribution < 1.29 is 9.76 Å². The molecule has 0 spiro atoms. The summed E-state index contributed by atoms with van der Waals surface area (Å²) in [4.78, 5) is 13.9. The molecular formula is C4H5N3O3. The zero-order valence-corrected chi connectivity index (χ0v) is 4.98. The van der Waals surface area contributed by atoms with Crippen LogP contribution in [0.1, 0.15) is 0 Å². The van der Waals surface area contributed by atoms with Crippen LogP contribution < -0.4 is 5.48 Å². The van der Waals surface area contributed by atoms with E-state index in [-0.39, 0.29) is 6.54 Å². The maximum atomic E-state index is 10.1. The number of hydroxylamine groups is 1. The van der Waals surface area contributed by atoms with Gasteiger partial charge in [-0.25, -0.2) is 4.84 Å². The molecule has 0 aromatic rings. The Hall–Kier alpha value is -1.19. The highest BCUT2D eigenvalue weighted by Gasteiger charge is 2.38. The van der Waals surface area contributed by atoms with Crippen LogP contribution in [-0.4, -0.2) is 17.7 Å². The van der Waals surface area contributed by atoms with Gasteiger partial charge in [-0.05, 0) is 0 Å². The fourth-order valence-corrected chi connectivity index (χ4v) is 0.706. The van der Waals surface area contributed by atoms with Crippen molar-refractivity contribution in [2.45, 2.75) is 6.23 Å². The minimum absolute atomic E-state index is 0.224. The molecule has 0 amide bonds. The SMILES string of the molecule is N#CC1CNOC1[N+](=O)[O-]. The standard InChI is InChI=1S/C4H5N3O3/c5-1-3-2-6-10-4(3)7(8)9/h3-4,6H,2H2. The molecule has 0 radical (unpaired) electrons. The van der Waals surface area contributed by atoms with Gasteiger partial charge in [-0.1, -0.05) is 0 Å². The lowest BCUT2D eigenvalue weighted by Gasteiger charge is -1.99. The van der Waals surface area contributed by atoms with Crippen LogP contribution in [0.3, 0.4) is 0 Å². The maximum absolute atomic E-state index is 10.1. The van der Waals surface area contributed by atoms with Crippen molar-refractivity contribution in [2.24, 2.45) is 5.92 Å². The van der Waals surface area contributed by atoms with Crippen LogP contribution in [0.25, 0.3) is 0 Å². The second kappa shape index (κ2) is 2.60. The van der Waals surface area contributed by atoms with Gasteiger partial charge in [0.15, 0.2) is 5.92 Å². The maximum Gasteiger partial charge on any atom is 0.347 e. The normalized spacial score (nSPS) is 31.5. The summed E-state index contributed by atoms with van der Waals surface area (Å²) >= 11 is 0. The van der Waals surface area contributed by atoms with Crippen molar-refractivity contribution in [1.29, 1.82) is 5.26 Å². The summed E-state index contributed by atoms with van der Waals surface area (Å²) in [5.74, 6) is -0.671. The second-order valence-corrected chi connectivity index (χ2v) is 1.88. The molecule has 6 heteroatoms. The molecule has 0 saturated carbocycles. The van der Waals surface area contributed by atoms with Gasteiger partial charge in [0.1, 0.15) is 0 Å². The Morgan fingerprint density at radius 2 is 2.60 bits per heavy atom. The largest absolute Gasteiger partial charge is 0.347 e. The summed E-state index contributed by atoms with van der Waals surface area (Å²) in [5.41, 5.74) is 2.29. The molecule has 0 aromatic carbocycles. The third-order valence-electron chi connectivity index (χ3n) is 1.23. The Morgan fingerprint density at radius 3 is 3.00 bits per heavy atom. The van der Waals surface area contributed by atoms with E-state index in [1.54, 1.807) is 6.07 Å². The number of nitrogens with one attached hydrogen (secondary N) is 1. The Kier molecular flexibility index (Phi) is 1.80. The topological polar surface area (TPSA) is 88.2 Å². The molecule has 1 aliphatic heterocycles. The number of nitrogens with zero attached hydrogens (tertiary/aromatic N) is 2. The van der Waals surface area contributed by atoms with Gasteiger partial charge in [0, 0.05) is 6.54 Å². The van der Waals surface area contributed by atoms with Crippen LogP contribution in [0.4, 0.5) is 0 Å². The molecule has 1 heterocycles. The predicted octanol–water partition coefficient (Wildman–Crippen LogP) is -0.736. The van der Waals surface area contributed by atoms with E-state index < -0.39 is 17.1 Å². The average Bonchev–Trinajstić information content (AvgIpc) is 2.33. The number of hydrogen-bond acceptors (Lipinski definition) is 5. The van der Waals surface area contributed by atoms with Crippen LogP contribution in [-0.2, 0) is 4.84 Å². The summed E-state index contributed by atoms with van der Waals surface area (Å²) in [5, 5.41) is 18.4. The number of nitriles is 1. The average molecular weight is 143 g/mol. The van der Waals surface area contributed by atoms with E-state index in [9.17, 15) is 10.1 Å². The molecule has 0 bridgehead atoms. The van der Waals surface area contributed by atoms with E-state index in [0.717, 1.165) is 0 Å². The first kappa shape index (κ1) is 6.92. The molecule has 6 nitrogen and oxygen atoms in total. The molecule has 54 valence electrons. The van der Waals surface area contributed by atoms with Crippen molar-refractivity contribution >= 4 is 0 Å². The Labute approximate surface area is 56.5 Å². The fourth-order valence-electron chi connectivity index (χ4n) is 0.706. The van der Waals surface area contributed by atoms with Gasteiger partial charge in [-0.2, -0.15) is 10.7 Å². The van der Waals surface area contributed by atoms with Gasteiger partial charge in [-0.15, -0.1) is 0 Å². The zero-order chi connectivity index (χ0) is 7.56. The van der Waals surface area contributed by atoms with Crippen molar-refractivity contribution in [3.63, 3.8) is 0 Å². The predicted molar refractivity (Wildman–Crippen MR) is 29.0 cm³/mol. The van der Waals surface area contributed by atoms with Crippen LogP contribution in [0, 0.1) is 27.4 Å². The number of rotatable bonds is 1. The highest BCUT2D eigenvalue weighted by Crippen LogP contribution is 2.11. The molecule has 2 unspecified atom stereocenters. The molecule has 0 aromatic heterocycles. The van der Waals surface area contributed by atoms with E-state index in [1.165, 1.54) is 0 Å². The zero-order valence-electron chi connectivity index (χ0n) is 4.98. The molecule has 10 heavy (non-hydrogen) atoms. The summed E-state index contributed by atoms with van der Waals surface area (Å²) in [6.45, 7) is 0.224. The molecule has 2 atom stereocenters. The highest BCUT2D eigenvalue weighted by atomic mass is 16.7. The molecular weight excluding hydrogens is 138 g/mol. The first-order valence-electron chi connectivity index (χ1n) is 2.67. The highest BCUT2D eigenvalue weighted by molar-refractivity contribution is 4.88. The van der Waals surface area contributed by atoms with Crippen LogP contribution in [0.15, 0.2) is 0 Å². The van der Waals surface area contributed by atoms with Gasteiger partial charge in [0.2, 0.25) is 0 Å². The second-order valence-electron chi connectivity index (χ2n) is 1.88.